The van der Waals surface area contributed by atoms with Crippen LogP contribution in [0.2, 0.25) is 5.02 Å². The van der Waals surface area contributed by atoms with Crippen molar-refractivity contribution in [3.63, 3.8) is 0 Å². The van der Waals surface area contributed by atoms with Gasteiger partial charge in [0.2, 0.25) is 15.9 Å². The number of amides is 1. The lowest BCUT2D eigenvalue weighted by Crippen LogP contribution is -2.40. The molecule has 2 aromatic rings. The molecule has 0 radical (unpaired) electrons. The number of benzene rings is 2. The van der Waals surface area contributed by atoms with Gasteiger partial charge in [0.25, 0.3) is 0 Å². The minimum Gasteiger partial charge on any atom is -0.495 e. The molecule has 2 rings (SSSR count). The zero-order valence-electron chi connectivity index (χ0n) is 14.9. The molecule has 1 N–H and O–H groups in total. The van der Waals surface area contributed by atoms with Gasteiger partial charge in [-0.3, -0.25) is 4.79 Å². The van der Waals surface area contributed by atoms with Crippen LogP contribution in [0.4, 0.5) is 4.39 Å². The predicted octanol–water partition coefficient (Wildman–Crippen LogP) is 2.81. The van der Waals surface area contributed by atoms with Gasteiger partial charge in [-0.2, -0.15) is 4.31 Å². The quantitative estimate of drug-likeness (QED) is 0.720. The normalized spacial score (nSPS) is 11.4. The highest BCUT2D eigenvalue weighted by molar-refractivity contribution is 7.89. The first-order valence-corrected chi connectivity index (χ1v) is 9.94. The third-order valence-electron chi connectivity index (χ3n) is 3.82. The van der Waals surface area contributed by atoms with Crippen LogP contribution in [-0.2, 0) is 21.4 Å². The van der Waals surface area contributed by atoms with E-state index in [1.807, 2.05) is 0 Å². The van der Waals surface area contributed by atoms with Crippen LogP contribution in [0.3, 0.4) is 0 Å². The van der Waals surface area contributed by atoms with Gasteiger partial charge < -0.3 is 10.1 Å². The van der Waals surface area contributed by atoms with Gasteiger partial charge in [-0.15, -0.1) is 0 Å². The number of methoxy groups -OCH3 is 1. The van der Waals surface area contributed by atoms with E-state index in [0.717, 1.165) is 22.0 Å². The van der Waals surface area contributed by atoms with E-state index < -0.39 is 28.3 Å². The fraction of sp³-hybridized carbons (Fsp3) is 0.278. The van der Waals surface area contributed by atoms with Crippen LogP contribution in [0.5, 0.6) is 5.75 Å². The molecule has 9 heteroatoms. The smallest absolute Gasteiger partial charge is 0.247 e. The van der Waals surface area contributed by atoms with E-state index in [1.54, 1.807) is 31.2 Å². The van der Waals surface area contributed by atoms with Crippen molar-refractivity contribution in [3.8, 4) is 5.75 Å². The molecule has 0 saturated carbocycles. The maximum Gasteiger partial charge on any atom is 0.247 e. The number of nitrogens with zero attached hydrogens (tertiary/aromatic N) is 1. The first kappa shape index (κ1) is 21.1. The summed E-state index contributed by atoms with van der Waals surface area (Å²) in [5.41, 5.74) is 0.824. The minimum atomic E-state index is -4.11. The zero-order valence-corrected chi connectivity index (χ0v) is 16.5. The summed E-state index contributed by atoms with van der Waals surface area (Å²) in [5.74, 6) is -1.18. The van der Waals surface area contributed by atoms with Crippen LogP contribution in [0, 0.1) is 5.82 Å². The lowest BCUT2D eigenvalue weighted by Gasteiger charge is -2.21. The van der Waals surface area contributed by atoms with Gasteiger partial charge in [0.15, 0.2) is 0 Å². The van der Waals surface area contributed by atoms with Crippen molar-refractivity contribution < 1.29 is 22.3 Å². The van der Waals surface area contributed by atoms with Crippen molar-refractivity contribution in [1.29, 1.82) is 0 Å². The Morgan fingerprint density at radius 1 is 1.22 bits per heavy atom. The Kier molecular flexibility index (Phi) is 7.18. The summed E-state index contributed by atoms with van der Waals surface area (Å²) < 4.78 is 45.2. The molecule has 0 bridgehead atoms. The summed E-state index contributed by atoms with van der Waals surface area (Å²) in [7, 11) is -2.82. The Bertz CT molecular complexity index is 904. The molecule has 0 spiro atoms. The number of likely N-dealkylation sites (N-methyl/N-ethyl adjacent to an activating group) is 1. The molecule has 146 valence electrons. The van der Waals surface area contributed by atoms with Crippen molar-refractivity contribution in [2.75, 3.05) is 20.2 Å². The molecule has 0 aliphatic carbocycles. The van der Waals surface area contributed by atoms with Crippen LogP contribution in [-0.4, -0.2) is 38.8 Å². The Labute approximate surface area is 162 Å². The molecule has 0 aromatic heterocycles. The highest BCUT2D eigenvalue weighted by Gasteiger charge is 2.28. The maximum absolute atomic E-state index is 13.6. The first-order chi connectivity index (χ1) is 12.8. The van der Waals surface area contributed by atoms with Crippen LogP contribution in [0.1, 0.15) is 12.5 Å². The van der Waals surface area contributed by atoms with E-state index >= 15 is 0 Å². The number of carbonyl (C=O) groups excluding carboxylic acids is 1. The number of sulfonamides is 1. The highest BCUT2D eigenvalue weighted by atomic mass is 35.5. The van der Waals surface area contributed by atoms with Gasteiger partial charge in [0.1, 0.15) is 16.5 Å². The summed E-state index contributed by atoms with van der Waals surface area (Å²) in [6.45, 7) is 1.47. The summed E-state index contributed by atoms with van der Waals surface area (Å²) in [4.78, 5) is 11.9. The van der Waals surface area contributed by atoms with Crippen LogP contribution >= 0.6 is 11.6 Å². The van der Waals surface area contributed by atoms with Crippen molar-refractivity contribution >= 4 is 27.5 Å². The third kappa shape index (κ3) is 5.41. The fourth-order valence-electron chi connectivity index (χ4n) is 2.38. The van der Waals surface area contributed by atoms with Crippen LogP contribution < -0.4 is 10.1 Å². The minimum absolute atomic E-state index is 0.0106. The number of hydrogen-bond donors (Lipinski definition) is 1. The van der Waals surface area contributed by atoms with Gasteiger partial charge in [0.05, 0.1) is 13.7 Å². The van der Waals surface area contributed by atoms with Crippen molar-refractivity contribution in [3.05, 3.63) is 58.9 Å². The maximum atomic E-state index is 13.6. The molecule has 27 heavy (non-hydrogen) atoms. The number of rotatable bonds is 8. The first-order valence-electron chi connectivity index (χ1n) is 8.12. The Morgan fingerprint density at radius 3 is 2.48 bits per heavy atom. The van der Waals surface area contributed by atoms with Crippen molar-refractivity contribution in [2.45, 2.75) is 18.4 Å². The molecule has 6 nitrogen and oxygen atoms in total. The molecule has 1 amide bonds. The molecule has 0 aliphatic rings. The van der Waals surface area contributed by atoms with E-state index in [4.69, 9.17) is 16.3 Å². The molecule has 0 unspecified atom stereocenters. The topological polar surface area (TPSA) is 75.7 Å². The van der Waals surface area contributed by atoms with E-state index in [0.29, 0.717) is 5.02 Å². The summed E-state index contributed by atoms with van der Waals surface area (Å²) >= 11 is 5.81. The monoisotopic (exact) mass is 414 g/mol. The molecule has 2 aromatic carbocycles. The summed E-state index contributed by atoms with van der Waals surface area (Å²) in [5, 5.41) is 3.23. The number of hydrogen-bond acceptors (Lipinski definition) is 4. The highest BCUT2D eigenvalue weighted by Crippen LogP contribution is 2.27. The number of carbonyl (C=O) groups is 1. The largest absolute Gasteiger partial charge is 0.495 e. The summed E-state index contributed by atoms with van der Waals surface area (Å²) in [6, 6.07) is 10.1. The second kappa shape index (κ2) is 9.16. The molecular weight excluding hydrogens is 395 g/mol. The van der Waals surface area contributed by atoms with Gasteiger partial charge in [-0.25, -0.2) is 12.8 Å². The summed E-state index contributed by atoms with van der Waals surface area (Å²) in [6.07, 6.45) is 0. The van der Waals surface area contributed by atoms with Crippen LogP contribution in [0.15, 0.2) is 47.4 Å². The average molecular weight is 415 g/mol. The molecule has 0 fully saturated rings. The Hall–Kier alpha value is -2.16. The number of halogens is 2. The third-order valence-corrected chi connectivity index (χ3v) is 6.01. The van der Waals surface area contributed by atoms with Gasteiger partial charge in [-0.1, -0.05) is 30.7 Å². The van der Waals surface area contributed by atoms with Crippen LogP contribution in [0.25, 0.3) is 0 Å². The lowest BCUT2D eigenvalue weighted by molar-refractivity contribution is -0.121. The molecule has 0 aliphatic heterocycles. The number of ether oxygens (including phenoxy) is 1. The Morgan fingerprint density at radius 2 is 1.89 bits per heavy atom. The van der Waals surface area contributed by atoms with E-state index in [-0.39, 0.29) is 23.7 Å². The second-order valence-corrected chi connectivity index (χ2v) is 7.97. The molecule has 0 saturated heterocycles. The van der Waals surface area contributed by atoms with Gasteiger partial charge in [-0.05, 0) is 35.9 Å². The molecular formula is C18H20ClFN2O4S. The average Bonchev–Trinajstić information content (AvgIpc) is 2.65. The molecule has 0 heterocycles. The predicted molar refractivity (Wildman–Crippen MR) is 101 cm³/mol. The van der Waals surface area contributed by atoms with E-state index in [9.17, 15) is 17.6 Å². The SMILES string of the molecule is CCN(CC(=O)NCc1ccc(Cl)cc1)S(=O)(=O)c1cc(F)ccc1OC. The van der Waals surface area contributed by atoms with Crippen molar-refractivity contribution in [1.82, 2.24) is 9.62 Å². The number of nitrogens with one attached hydrogen (secondary N) is 1. The zero-order chi connectivity index (χ0) is 20.0. The lowest BCUT2D eigenvalue weighted by atomic mass is 10.2. The van der Waals surface area contributed by atoms with Gasteiger partial charge >= 0.3 is 0 Å². The van der Waals surface area contributed by atoms with E-state index in [2.05, 4.69) is 5.32 Å². The standard InChI is InChI=1S/C18H20ClFN2O4S/c1-3-22(12-18(23)21-11-13-4-6-14(19)7-5-13)27(24,25)17-10-15(20)8-9-16(17)26-2/h4-10H,3,11-12H2,1-2H3,(H,21,23). The van der Waals surface area contributed by atoms with Crippen molar-refractivity contribution in [2.24, 2.45) is 0 Å². The second-order valence-electron chi connectivity index (χ2n) is 5.63. The Balaban J connectivity index is 2.12. The molecule has 0 atom stereocenters. The van der Waals surface area contributed by atoms with E-state index in [1.165, 1.54) is 13.2 Å². The fourth-order valence-corrected chi connectivity index (χ4v) is 4.08. The van der Waals surface area contributed by atoms with Gasteiger partial charge in [0, 0.05) is 18.1 Å².